The van der Waals surface area contributed by atoms with Crippen molar-refractivity contribution >= 4 is 0 Å². The van der Waals surface area contributed by atoms with Crippen LogP contribution in [-0.2, 0) is 9.47 Å². The Morgan fingerprint density at radius 2 is 1.50 bits per heavy atom. The smallest absolute Gasteiger partial charge is 0.162 e. The average Bonchev–Trinajstić information content (AvgIpc) is 2.08. The van der Waals surface area contributed by atoms with Crippen LogP contribution in [0.15, 0.2) is 0 Å². The van der Waals surface area contributed by atoms with E-state index in [1.54, 1.807) is 0 Å². The SMILES string of the molecule is CC(OC(OCCO)C(C)(C)C)C(C)(C)C. The Morgan fingerprint density at radius 3 is 1.81 bits per heavy atom. The molecule has 0 aromatic rings. The number of rotatable bonds is 5. The first-order valence-corrected chi connectivity index (χ1v) is 5.97. The lowest BCUT2D eigenvalue weighted by Gasteiger charge is -2.37. The first-order valence-electron chi connectivity index (χ1n) is 5.97. The summed E-state index contributed by atoms with van der Waals surface area (Å²) in [6.07, 6.45) is -0.177. The third-order valence-corrected chi connectivity index (χ3v) is 2.61. The van der Waals surface area contributed by atoms with Crippen molar-refractivity contribution in [1.29, 1.82) is 0 Å². The molecule has 0 bridgehead atoms. The predicted octanol–water partition coefficient (Wildman–Crippen LogP) is 2.82. The van der Waals surface area contributed by atoms with Gasteiger partial charge in [0.2, 0.25) is 0 Å². The number of ether oxygens (including phenoxy) is 2. The fourth-order valence-electron chi connectivity index (χ4n) is 1.04. The summed E-state index contributed by atoms with van der Waals surface area (Å²) in [4.78, 5) is 0. The first-order chi connectivity index (χ1) is 7.09. The molecule has 0 aromatic heterocycles. The van der Waals surface area contributed by atoms with Gasteiger partial charge in [0.1, 0.15) is 0 Å². The monoisotopic (exact) mass is 232 g/mol. The van der Waals surface area contributed by atoms with Crippen LogP contribution in [0.2, 0.25) is 0 Å². The van der Waals surface area contributed by atoms with Gasteiger partial charge in [-0.05, 0) is 12.3 Å². The van der Waals surface area contributed by atoms with Crippen molar-refractivity contribution in [2.45, 2.75) is 60.9 Å². The molecule has 3 heteroatoms. The maximum Gasteiger partial charge on any atom is 0.162 e. The topological polar surface area (TPSA) is 38.7 Å². The van der Waals surface area contributed by atoms with Gasteiger partial charge < -0.3 is 14.6 Å². The lowest BCUT2D eigenvalue weighted by molar-refractivity contribution is -0.232. The van der Waals surface area contributed by atoms with Gasteiger partial charge in [-0.2, -0.15) is 0 Å². The molecule has 0 saturated carbocycles. The van der Waals surface area contributed by atoms with Gasteiger partial charge >= 0.3 is 0 Å². The van der Waals surface area contributed by atoms with Crippen LogP contribution >= 0.6 is 0 Å². The Hall–Kier alpha value is -0.120. The van der Waals surface area contributed by atoms with E-state index in [2.05, 4.69) is 48.5 Å². The normalized spacial score (nSPS) is 17.2. The van der Waals surface area contributed by atoms with Gasteiger partial charge in [-0.25, -0.2) is 0 Å². The quantitative estimate of drug-likeness (QED) is 0.741. The minimum absolute atomic E-state index is 0.0276. The van der Waals surface area contributed by atoms with E-state index in [0.29, 0.717) is 6.61 Å². The Kier molecular flexibility index (Phi) is 5.94. The zero-order valence-electron chi connectivity index (χ0n) is 11.8. The summed E-state index contributed by atoms with van der Waals surface area (Å²) in [5.41, 5.74) is 0.000749. The molecule has 0 aliphatic heterocycles. The van der Waals surface area contributed by atoms with E-state index in [1.165, 1.54) is 0 Å². The number of hydrogen-bond acceptors (Lipinski definition) is 3. The van der Waals surface area contributed by atoms with Crippen LogP contribution in [0.1, 0.15) is 48.5 Å². The molecule has 0 amide bonds. The third kappa shape index (κ3) is 5.83. The number of aliphatic hydroxyl groups is 1. The fourth-order valence-corrected chi connectivity index (χ4v) is 1.04. The molecule has 2 unspecified atom stereocenters. The molecule has 0 aliphatic carbocycles. The van der Waals surface area contributed by atoms with Gasteiger partial charge in [-0.1, -0.05) is 41.5 Å². The Morgan fingerprint density at radius 1 is 1.00 bits per heavy atom. The number of hydrogen-bond donors (Lipinski definition) is 1. The van der Waals surface area contributed by atoms with E-state index >= 15 is 0 Å². The van der Waals surface area contributed by atoms with Gasteiger partial charge in [0.15, 0.2) is 6.29 Å². The Labute approximate surface area is 100 Å². The molecule has 0 spiro atoms. The van der Waals surface area contributed by atoms with Crippen molar-refractivity contribution in [3.8, 4) is 0 Å². The van der Waals surface area contributed by atoms with Crippen LogP contribution in [0.3, 0.4) is 0 Å². The van der Waals surface area contributed by atoms with Crippen LogP contribution < -0.4 is 0 Å². The first kappa shape index (κ1) is 15.9. The van der Waals surface area contributed by atoms with Crippen LogP contribution in [0.4, 0.5) is 0 Å². The summed E-state index contributed by atoms with van der Waals surface area (Å²) in [5, 5.41) is 8.79. The fraction of sp³-hybridized carbons (Fsp3) is 1.00. The minimum Gasteiger partial charge on any atom is -0.394 e. The Bertz CT molecular complexity index is 188. The summed E-state index contributed by atoms with van der Waals surface area (Å²) in [6.45, 7) is 15.1. The highest BCUT2D eigenvalue weighted by Gasteiger charge is 2.31. The van der Waals surface area contributed by atoms with Crippen LogP contribution in [0.5, 0.6) is 0 Å². The van der Waals surface area contributed by atoms with Gasteiger partial charge in [0, 0.05) is 5.41 Å². The van der Waals surface area contributed by atoms with Crippen molar-refractivity contribution in [2.24, 2.45) is 10.8 Å². The van der Waals surface area contributed by atoms with Crippen molar-refractivity contribution in [1.82, 2.24) is 0 Å². The standard InChI is InChI=1S/C13H28O3/c1-10(12(2,3)4)16-11(13(5,6)7)15-9-8-14/h10-11,14H,8-9H2,1-7H3. The van der Waals surface area contributed by atoms with E-state index in [1.807, 2.05) is 0 Å². The summed E-state index contributed by atoms with van der Waals surface area (Å²) in [7, 11) is 0. The summed E-state index contributed by atoms with van der Waals surface area (Å²) >= 11 is 0. The van der Waals surface area contributed by atoms with E-state index in [4.69, 9.17) is 14.6 Å². The third-order valence-electron chi connectivity index (χ3n) is 2.61. The van der Waals surface area contributed by atoms with Crippen LogP contribution in [-0.4, -0.2) is 30.7 Å². The highest BCUT2D eigenvalue weighted by Crippen LogP contribution is 2.29. The average molecular weight is 232 g/mol. The van der Waals surface area contributed by atoms with Crippen molar-refractivity contribution in [2.75, 3.05) is 13.2 Å². The predicted molar refractivity (Wildman–Crippen MR) is 66.3 cm³/mol. The highest BCUT2D eigenvalue weighted by molar-refractivity contribution is 4.74. The second-order valence-electron chi connectivity index (χ2n) is 6.44. The van der Waals surface area contributed by atoms with E-state index < -0.39 is 0 Å². The van der Waals surface area contributed by atoms with Gasteiger partial charge in [-0.3, -0.25) is 0 Å². The maximum atomic E-state index is 8.79. The summed E-state index contributed by atoms with van der Waals surface area (Å²) in [5.74, 6) is 0. The Balaban J connectivity index is 4.43. The van der Waals surface area contributed by atoms with Gasteiger partial charge in [0.05, 0.1) is 19.3 Å². The number of aliphatic hydroxyl groups excluding tert-OH is 1. The van der Waals surface area contributed by atoms with Gasteiger partial charge in [0.25, 0.3) is 0 Å². The molecule has 0 aliphatic rings. The summed E-state index contributed by atoms with van der Waals surface area (Å²) in [6, 6.07) is 0. The molecule has 16 heavy (non-hydrogen) atoms. The van der Waals surface area contributed by atoms with Crippen molar-refractivity contribution in [3.63, 3.8) is 0 Å². The second-order valence-corrected chi connectivity index (χ2v) is 6.44. The zero-order chi connectivity index (χ0) is 13.0. The van der Waals surface area contributed by atoms with E-state index in [-0.39, 0.29) is 29.8 Å². The lowest BCUT2D eigenvalue weighted by Crippen LogP contribution is -2.39. The molecule has 0 rings (SSSR count). The molecular formula is C13H28O3. The van der Waals surface area contributed by atoms with E-state index in [0.717, 1.165) is 0 Å². The maximum absolute atomic E-state index is 8.79. The molecule has 0 radical (unpaired) electrons. The largest absolute Gasteiger partial charge is 0.394 e. The molecule has 98 valence electrons. The van der Waals surface area contributed by atoms with Crippen molar-refractivity contribution in [3.05, 3.63) is 0 Å². The van der Waals surface area contributed by atoms with Crippen molar-refractivity contribution < 1.29 is 14.6 Å². The van der Waals surface area contributed by atoms with Crippen LogP contribution in [0, 0.1) is 10.8 Å². The zero-order valence-corrected chi connectivity index (χ0v) is 11.8. The molecule has 0 aromatic carbocycles. The molecular weight excluding hydrogens is 204 g/mol. The molecule has 1 N–H and O–H groups in total. The van der Waals surface area contributed by atoms with E-state index in [9.17, 15) is 0 Å². The summed E-state index contributed by atoms with van der Waals surface area (Å²) < 4.78 is 11.5. The molecule has 2 atom stereocenters. The highest BCUT2D eigenvalue weighted by atomic mass is 16.7. The minimum atomic E-state index is -0.283. The molecule has 0 saturated heterocycles. The second kappa shape index (κ2) is 5.99. The molecule has 0 heterocycles. The van der Waals surface area contributed by atoms with Crippen LogP contribution in [0.25, 0.3) is 0 Å². The lowest BCUT2D eigenvalue weighted by atomic mass is 9.89. The van der Waals surface area contributed by atoms with Gasteiger partial charge in [-0.15, -0.1) is 0 Å². The molecule has 0 fully saturated rings. The molecule has 3 nitrogen and oxygen atoms in total.